The maximum absolute atomic E-state index is 12.4. The topological polar surface area (TPSA) is 51.1 Å². The molecule has 130 valence electrons. The zero-order chi connectivity index (χ0) is 16.9. The van der Waals surface area contributed by atoms with Crippen molar-refractivity contribution in [2.45, 2.75) is 19.2 Å². The van der Waals surface area contributed by atoms with Crippen molar-refractivity contribution in [1.29, 1.82) is 0 Å². The van der Waals surface area contributed by atoms with E-state index in [0.717, 1.165) is 13.1 Å². The summed E-state index contributed by atoms with van der Waals surface area (Å²) in [5, 5.41) is 15.3. The van der Waals surface area contributed by atoms with E-state index in [0.29, 0.717) is 25.6 Å². The Labute approximate surface area is 137 Å². The third kappa shape index (κ3) is 5.00. The second-order valence-corrected chi connectivity index (χ2v) is 6.10. The molecule has 1 saturated heterocycles. The summed E-state index contributed by atoms with van der Waals surface area (Å²) >= 11 is 1.67. The predicted molar refractivity (Wildman–Crippen MR) is 86.1 cm³/mol. The van der Waals surface area contributed by atoms with Crippen LogP contribution < -0.4 is 10.2 Å². The summed E-state index contributed by atoms with van der Waals surface area (Å²) in [5.74, 6) is 0.418. The molecule has 1 aliphatic heterocycles. The molecule has 1 fully saturated rings. The van der Waals surface area contributed by atoms with Crippen LogP contribution in [0.3, 0.4) is 0 Å². The summed E-state index contributed by atoms with van der Waals surface area (Å²) in [6.45, 7) is 4.65. The third-order valence-electron chi connectivity index (χ3n) is 3.52. The Morgan fingerprint density at radius 1 is 1.39 bits per heavy atom. The minimum absolute atomic E-state index is 0.418. The molecule has 1 unspecified atom stereocenters. The molecular weight excluding hydrogens is 329 g/mol. The molecule has 0 amide bonds. The SMILES string of the molecule is CCNC(=NCC(O)C(F)(F)F)N1CCN(c2cccs2)CC1. The van der Waals surface area contributed by atoms with Crippen LogP contribution in [0.5, 0.6) is 0 Å². The Hall–Kier alpha value is -1.48. The predicted octanol–water partition coefficient (Wildman–Crippen LogP) is 1.76. The fourth-order valence-electron chi connectivity index (χ4n) is 2.29. The van der Waals surface area contributed by atoms with Gasteiger partial charge in [-0.2, -0.15) is 13.2 Å². The molecule has 0 radical (unpaired) electrons. The Morgan fingerprint density at radius 2 is 2.09 bits per heavy atom. The average molecular weight is 350 g/mol. The summed E-state index contributed by atoms with van der Waals surface area (Å²) in [6, 6.07) is 4.05. The van der Waals surface area contributed by atoms with Crippen molar-refractivity contribution >= 4 is 22.3 Å². The highest BCUT2D eigenvalue weighted by atomic mass is 32.1. The number of anilines is 1. The monoisotopic (exact) mass is 350 g/mol. The van der Waals surface area contributed by atoms with E-state index in [4.69, 9.17) is 5.11 Å². The van der Waals surface area contributed by atoms with Crippen LogP contribution in [0.25, 0.3) is 0 Å². The number of halogens is 3. The third-order valence-corrected chi connectivity index (χ3v) is 4.45. The lowest BCUT2D eigenvalue weighted by Gasteiger charge is -2.37. The molecule has 1 aromatic heterocycles. The number of piperazine rings is 1. The highest BCUT2D eigenvalue weighted by molar-refractivity contribution is 7.14. The van der Waals surface area contributed by atoms with E-state index in [1.807, 2.05) is 23.3 Å². The van der Waals surface area contributed by atoms with Crippen LogP contribution in [0.1, 0.15) is 6.92 Å². The van der Waals surface area contributed by atoms with Gasteiger partial charge in [0, 0.05) is 32.7 Å². The van der Waals surface area contributed by atoms with E-state index in [1.165, 1.54) is 5.00 Å². The molecule has 2 heterocycles. The van der Waals surface area contributed by atoms with Gasteiger partial charge in [0.1, 0.15) is 0 Å². The van der Waals surface area contributed by atoms with E-state index in [-0.39, 0.29) is 0 Å². The minimum atomic E-state index is -4.64. The number of thiophene rings is 1. The summed E-state index contributed by atoms with van der Waals surface area (Å²) < 4.78 is 37.1. The van der Waals surface area contributed by atoms with Gasteiger partial charge in [-0.05, 0) is 24.4 Å². The summed E-state index contributed by atoms with van der Waals surface area (Å²) in [5.41, 5.74) is 0. The second kappa shape index (κ2) is 7.87. The molecule has 0 spiro atoms. The van der Waals surface area contributed by atoms with Crippen LogP contribution in [0.15, 0.2) is 22.5 Å². The first-order chi connectivity index (χ1) is 10.9. The van der Waals surface area contributed by atoms with Crippen LogP contribution >= 0.6 is 11.3 Å². The lowest BCUT2D eigenvalue weighted by atomic mass is 10.3. The number of alkyl halides is 3. The first-order valence-corrected chi connectivity index (χ1v) is 8.36. The largest absolute Gasteiger partial charge is 0.416 e. The van der Waals surface area contributed by atoms with Gasteiger partial charge in [-0.1, -0.05) is 0 Å². The minimum Gasteiger partial charge on any atom is -0.382 e. The molecule has 23 heavy (non-hydrogen) atoms. The second-order valence-electron chi connectivity index (χ2n) is 5.18. The summed E-state index contributed by atoms with van der Waals surface area (Å²) in [7, 11) is 0. The molecule has 2 rings (SSSR count). The van der Waals surface area contributed by atoms with Crippen molar-refractivity contribution in [3.63, 3.8) is 0 Å². The number of aliphatic hydroxyl groups is 1. The van der Waals surface area contributed by atoms with Gasteiger partial charge in [-0.15, -0.1) is 11.3 Å². The van der Waals surface area contributed by atoms with Gasteiger partial charge in [0.05, 0.1) is 11.5 Å². The van der Waals surface area contributed by atoms with Crippen molar-refractivity contribution in [3.8, 4) is 0 Å². The van der Waals surface area contributed by atoms with Gasteiger partial charge in [0.25, 0.3) is 0 Å². The van der Waals surface area contributed by atoms with Crippen LogP contribution in [0.2, 0.25) is 0 Å². The van der Waals surface area contributed by atoms with E-state index >= 15 is 0 Å². The number of aliphatic imine (C=N–C) groups is 1. The standard InChI is InChI=1S/C14H21F3N4OS/c1-2-18-13(19-10-11(22)14(15,16)17)21-7-5-20(6-8-21)12-4-3-9-23-12/h3-4,9,11,22H,2,5-8,10H2,1H3,(H,18,19). The number of hydrogen-bond donors (Lipinski definition) is 2. The number of guanidine groups is 1. The summed E-state index contributed by atoms with van der Waals surface area (Å²) in [4.78, 5) is 8.11. The smallest absolute Gasteiger partial charge is 0.382 e. The number of hydrogen-bond acceptors (Lipinski definition) is 4. The lowest BCUT2D eigenvalue weighted by molar-refractivity contribution is -0.199. The molecule has 5 nitrogen and oxygen atoms in total. The van der Waals surface area contributed by atoms with Gasteiger partial charge in [0.15, 0.2) is 12.1 Å². The molecule has 0 aromatic carbocycles. The van der Waals surface area contributed by atoms with Crippen LogP contribution in [0, 0.1) is 0 Å². The first-order valence-electron chi connectivity index (χ1n) is 7.48. The Balaban J connectivity index is 1.94. The van der Waals surface area contributed by atoms with Crippen molar-refractivity contribution in [2.24, 2.45) is 4.99 Å². The van der Waals surface area contributed by atoms with Crippen LogP contribution in [0.4, 0.5) is 18.2 Å². The zero-order valence-electron chi connectivity index (χ0n) is 12.9. The van der Waals surface area contributed by atoms with Gasteiger partial charge in [0.2, 0.25) is 0 Å². The maximum Gasteiger partial charge on any atom is 0.416 e. The number of nitrogens with one attached hydrogen (secondary N) is 1. The lowest BCUT2D eigenvalue weighted by Crippen LogP contribution is -2.52. The number of rotatable bonds is 4. The van der Waals surface area contributed by atoms with E-state index < -0.39 is 18.8 Å². The molecule has 0 aliphatic carbocycles. The quantitative estimate of drug-likeness (QED) is 0.642. The number of aliphatic hydroxyl groups excluding tert-OH is 1. The molecule has 9 heteroatoms. The zero-order valence-corrected chi connectivity index (χ0v) is 13.7. The Morgan fingerprint density at radius 3 is 2.61 bits per heavy atom. The number of nitrogens with zero attached hydrogens (tertiary/aromatic N) is 3. The van der Waals surface area contributed by atoms with Crippen LogP contribution in [-0.4, -0.2) is 67.5 Å². The molecular formula is C14H21F3N4OS. The maximum atomic E-state index is 12.4. The molecule has 1 aliphatic rings. The van der Waals surface area contributed by atoms with Crippen LogP contribution in [-0.2, 0) is 0 Å². The highest BCUT2D eigenvalue weighted by Crippen LogP contribution is 2.23. The van der Waals surface area contributed by atoms with Gasteiger partial charge >= 0.3 is 6.18 Å². The summed E-state index contributed by atoms with van der Waals surface area (Å²) in [6.07, 6.45) is -7.07. The fraction of sp³-hybridized carbons (Fsp3) is 0.643. The highest BCUT2D eigenvalue weighted by Gasteiger charge is 2.38. The van der Waals surface area contributed by atoms with Crippen molar-refractivity contribution in [3.05, 3.63) is 17.5 Å². The Bertz CT molecular complexity index is 499. The van der Waals surface area contributed by atoms with Gasteiger partial charge in [-0.25, -0.2) is 0 Å². The van der Waals surface area contributed by atoms with Crippen molar-refractivity contribution in [2.75, 3.05) is 44.2 Å². The molecule has 1 aromatic rings. The molecule has 0 bridgehead atoms. The van der Waals surface area contributed by atoms with E-state index in [1.54, 1.807) is 11.3 Å². The van der Waals surface area contributed by atoms with Gasteiger partial charge < -0.3 is 20.2 Å². The first kappa shape index (κ1) is 17.9. The van der Waals surface area contributed by atoms with E-state index in [2.05, 4.69) is 21.3 Å². The molecule has 1 atom stereocenters. The molecule has 0 saturated carbocycles. The molecule has 2 N–H and O–H groups in total. The van der Waals surface area contributed by atoms with Crippen molar-refractivity contribution in [1.82, 2.24) is 10.2 Å². The Kier molecular flexibility index (Phi) is 6.11. The van der Waals surface area contributed by atoms with Gasteiger partial charge in [-0.3, -0.25) is 4.99 Å². The fourth-order valence-corrected chi connectivity index (χ4v) is 3.08. The average Bonchev–Trinajstić information content (AvgIpc) is 3.04. The van der Waals surface area contributed by atoms with E-state index in [9.17, 15) is 13.2 Å². The normalized spacial score (nSPS) is 18.2. The van der Waals surface area contributed by atoms with Crippen molar-refractivity contribution < 1.29 is 18.3 Å².